The number of halogens is 3. The molecule has 2 nitrogen and oxygen atoms in total. The Morgan fingerprint density at radius 2 is 1.95 bits per heavy atom. The van der Waals surface area contributed by atoms with Gasteiger partial charge in [-0.25, -0.2) is 8.78 Å². The molecule has 2 aromatic carbocycles. The van der Waals surface area contributed by atoms with Crippen molar-refractivity contribution in [2.24, 2.45) is 5.73 Å². The van der Waals surface area contributed by atoms with E-state index < -0.39 is 17.7 Å². The first-order chi connectivity index (χ1) is 8.97. The maximum atomic E-state index is 13.7. The lowest BCUT2D eigenvalue weighted by Gasteiger charge is -2.14. The Morgan fingerprint density at radius 3 is 2.58 bits per heavy atom. The Bertz CT molecular complexity index is 582. The first-order valence-corrected chi connectivity index (χ1v) is 6.44. The van der Waals surface area contributed by atoms with E-state index in [0.29, 0.717) is 4.47 Å². The standard InChI is InChI=1S/C14H12BrF2NO/c1-8(18)14-12(17)3-2-4-13(14)19-11-6-9(15)5-10(16)7-11/h2-8H,18H2,1H3. The van der Waals surface area contributed by atoms with Gasteiger partial charge in [0.15, 0.2) is 0 Å². The highest BCUT2D eigenvalue weighted by Crippen LogP contribution is 2.32. The number of rotatable bonds is 3. The van der Waals surface area contributed by atoms with Crippen molar-refractivity contribution in [1.82, 2.24) is 0 Å². The van der Waals surface area contributed by atoms with Gasteiger partial charge in [-0.2, -0.15) is 0 Å². The minimum Gasteiger partial charge on any atom is -0.457 e. The van der Waals surface area contributed by atoms with Crippen LogP contribution in [0.5, 0.6) is 11.5 Å². The molecule has 0 heterocycles. The molecule has 0 aliphatic rings. The van der Waals surface area contributed by atoms with Crippen LogP contribution in [0.15, 0.2) is 40.9 Å². The van der Waals surface area contributed by atoms with E-state index in [1.54, 1.807) is 19.1 Å². The summed E-state index contributed by atoms with van der Waals surface area (Å²) in [6, 6.07) is 8.04. The van der Waals surface area contributed by atoms with Gasteiger partial charge in [0.05, 0.1) is 0 Å². The summed E-state index contributed by atoms with van der Waals surface area (Å²) in [6.45, 7) is 1.66. The summed E-state index contributed by atoms with van der Waals surface area (Å²) in [5.41, 5.74) is 5.99. The lowest BCUT2D eigenvalue weighted by atomic mass is 10.1. The van der Waals surface area contributed by atoms with Gasteiger partial charge in [0, 0.05) is 22.1 Å². The SMILES string of the molecule is CC(N)c1c(F)cccc1Oc1cc(F)cc(Br)c1. The van der Waals surface area contributed by atoms with Gasteiger partial charge < -0.3 is 10.5 Å². The van der Waals surface area contributed by atoms with Crippen LogP contribution in [0.4, 0.5) is 8.78 Å². The molecular formula is C14H12BrF2NO. The molecule has 0 aliphatic carbocycles. The zero-order chi connectivity index (χ0) is 14.0. The zero-order valence-electron chi connectivity index (χ0n) is 10.2. The Kier molecular flexibility index (Phi) is 4.17. The van der Waals surface area contributed by atoms with Crippen molar-refractivity contribution in [2.45, 2.75) is 13.0 Å². The Morgan fingerprint density at radius 1 is 1.21 bits per heavy atom. The summed E-state index contributed by atoms with van der Waals surface area (Å²) in [5.74, 6) is -0.321. The summed E-state index contributed by atoms with van der Waals surface area (Å²) in [7, 11) is 0. The third-order valence-corrected chi connectivity index (χ3v) is 2.99. The van der Waals surface area contributed by atoms with Crippen molar-refractivity contribution in [2.75, 3.05) is 0 Å². The maximum Gasteiger partial charge on any atom is 0.135 e. The molecule has 0 bridgehead atoms. The number of nitrogens with two attached hydrogens (primary N) is 1. The molecular weight excluding hydrogens is 316 g/mol. The van der Waals surface area contributed by atoms with Gasteiger partial charge in [-0.1, -0.05) is 22.0 Å². The second-order valence-electron chi connectivity index (χ2n) is 4.15. The molecule has 5 heteroatoms. The van der Waals surface area contributed by atoms with Crippen LogP contribution >= 0.6 is 15.9 Å². The molecule has 2 aromatic rings. The predicted molar refractivity (Wildman–Crippen MR) is 73.2 cm³/mol. The number of benzene rings is 2. The number of ether oxygens (including phenoxy) is 1. The van der Waals surface area contributed by atoms with Crippen molar-refractivity contribution < 1.29 is 13.5 Å². The second-order valence-corrected chi connectivity index (χ2v) is 5.06. The summed E-state index contributed by atoms with van der Waals surface area (Å²) < 4.78 is 33.0. The van der Waals surface area contributed by atoms with Crippen molar-refractivity contribution in [3.05, 3.63) is 58.1 Å². The van der Waals surface area contributed by atoms with Crippen molar-refractivity contribution >= 4 is 15.9 Å². The van der Waals surface area contributed by atoms with Crippen LogP contribution < -0.4 is 10.5 Å². The quantitative estimate of drug-likeness (QED) is 0.898. The summed E-state index contributed by atoms with van der Waals surface area (Å²) in [5, 5.41) is 0. The molecule has 0 fully saturated rings. The van der Waals surface area contributed by atoms with Gasteiger partial charge in [-0.15, -0.1) is 0 Å². The van der Waals surface area contributed by atoms with Gasteiger partial charge in [0.25, 0.3) is 0 Å². The van der Waals surface area contributed by atoms with Crippen LogP contribution in [0, 0.1) is 11.6 Å². The fraction of sp³-hybridized carbons (Fsp3) is 0.143. The average Bonchev–Trinajstić information content (AvgIpc) is 2.26. The van der Waals surface area contributed by atoms with Gasteiger partial charge in [-0.05, 0) is 31.2 Å². The molecule has 19 heavy (non-hydrogen) atoms. The lowest BCUT2D eigenvalue weighted by molar-refractivity contribution is 0.456. The van der Waals surface area contributed by atoms with Crippen molar-refractivity contribution in [3.8, 4) is 11.5 Å². The Hall–Kier alpha value is -1.46. The topological polar surface area (TPSA) is 35.2 Å². The van der Waals surface area contributed by atoms with Crippen LogP contribution in [-0.2, 0) is 0 Å². The fourth-order valence-corrected chi connectivity index (χ4v) is 2.21. The fourth-order valence-electron chi connectivity index (χ4n) is 1.76. The van der Waals surface area contributed by atoms with E-state index in [1.165, 1.54) is 24.3 Å². The molecule has 2 N–H and O–H groups in total. The molecule has 0 aliphatic heterocycles. The molecule has 100 valence electrons. The molecule has 0 amide bonds. The minimum atomic E-state index is -0.520. The van der Waals surface area contributed by atoms with E-state index in [1.807, 2.05) is 0 Å². The molecule has 2 rings (SSSR count). The van der Waals surface area contributed by atoms with Crippen molar-refractivity contribution in [3.63, 3.8) is 0 Å². The average molecular weight is 328 g/mol. The van der Waals surface area contributed by atoms with Crippen LogP contribution in [-0.4, -0.2) is 0 Å². The van der Waals surface area contributed by atoms with E-state index in [4.69, 9.17) is 10.5 Å². The van der Waals surface area contributed by atoms with E-state index in [-0.39, 0.29) is 17.1 Å². The van der Waals surface area contributed by atoms with Crippen LogP contribution in [0.2, 0.25) is 0 Å². The van der Waals surface area contributed by atoms with E-state index in [2.05, 4.69) is 15.9 Å². The highest BCUT2D eigenvalue weighted by Gasteiger charge is 2.14. The highest BCUT2D eigenvalue weighted by molar-refractivity contribution is 9.10. The van der Waals surface area contributed by atoms with Gasteiger partial charge in [0.2, 0.25) is 0 Å². The van der Waals surface area contributed by atoms with Gasteiger partial charge >= 0.3 is 0 Å². The predicted octanol–water partition coefficient (Wildman–Crippen LogP) is 4.54. The second kappa shape index (κ2) is 5.67. The monoisotopic (exact) mass is 327 g/mol. The smallest absolute Gasteiger partial charge is 0.135 e. The molecule has 1 unspecified atom stereocenters. The Balaban J connectivity index is 2.40. The van der Waals surface area contributed by atoms with Crippen LogP contribution in [0.3, 0.4) is 0 Å². The largest absolute Gasteiger partial charge is 0.457 e. The van der Waals surface area contributed by atoms with Gasteiger partial charge in [-0.3, -0.25) is 0 Å². The summed E-state index contributed by atoms with van der Waals surface area (Å²) >= 11 is 3.17. The number of hydrogen-bond acceptors (Lipinski definition) is 2. The molecule has 0 spiro atoms. The zero-order valence-corrected chi connectivity index (χ0v) is 11.7. The molecule has 0 saturated carbocycles. The Labute approximate surface area is 118 Å². The van der Waals surface area contributed by atoms with E-state index in [0.717, 1.165) is 0 Å². The third kappa shape index (κ3) is 3.30. The van der Waals surface area contributed by atoms with Gasteiger partial charge in [0.1, 0.15) is 23.1 Å². The van der Waals surface area contributed by atoms with E-state index >= 15 is 0 Å². The molecule has 1 atom stereocenters. The first-order valence-electron chi connectivity index (χ1n) is 5.65. The summed E-state index contributed by atoms with van der Waals surface area (Å²) in [4.78, 5) is 0. The molecule has 0 saturated heterocycles. The highest BCUT2D eigenvalue weighted by atomic mass is 79.9. The lowest BCUT2D eigenvalue weighted by Crippen LogP contribution is -2.09. The molecule has 0 radical (unpaired) electrons. The minimum absolute atomic E-state index is 0.267. The maximum absolute atomic E-state index is 13.7. The van der Waals surface area contributed by atoms with Crippen LogP contribution in [0.1, 0.15) is 18.5 Å². The van der Waals surface area contributed by atoms with Crippen LogP contribution in [0.25, 0.3) is 0 Å². The third-order valence-electron chi connectivity index (χ3n) is 2.53. The normalized spacial score (nSPS) is 12.3. The molecule has 0 aromatic heterocycles. The first kappa shape index (κ1) is 14.0. The van der Waals surface area contributed by atoms with E-state index in [9.17, 15) is 8.78 Å². The summed E-state index contributed by atoms with van der Waals surface area (Å²) in [6.07, 6.45) is 0. The number of hydrogen-bond donors (Lipinski definition) is 1. The van der Waals surface area contributed by atoms with Crippen molar-refractivity contribution in [1.29, 1.82) is 0 Å².